The van der Waals surface area contributed by atoms with Crippen LogP contribution in [0.2, 0.25) is 0 Å². The Morgan fingerprint density at radius 3 is 2.88 bits per heavy atom. The summed E-state index contributed by atoms with van der Waals surface area (Å²) < 4.78 is 5.34. The summed E-state index contributed by atoms with van der Waals surface area (Å²) in [7, 11) is 0. The van der Waals surface area contributed by atoms with Gasteiger partial charge in [-0.15, -0.1) is 0 Å². The molecule has 3 aliphatic heterocycles. The number of hydrogen-bond donors (Lipinski definition) is 1. The Hall–Kier alpha value is -2.44. The van der Waals surface area contributed by atoms with Gasteiger partial charge in [0.25, 0.3) is 0 Å². The van der Waals surface area contributed by atoms with E-state index in [1.165, 1.54) is 0 Å². The van der Waals surface area contributed by atoms with Crippen molar-refractivity contribution in [1.82, 2.24) is 4.90 Å². The molecule has 0 spiro atoms. The number of carbonyl (C=O) groups excluding carboxylic acids is 1. The number of fused-ring (bicyclic) bond motifs is 1. The number of amides is 1. The molecular formula is C17H17ClN4O2. The van der Waals surface area contributed by atoms with E-state index in [0.29, 0.717) is 19.7 Å². The molecule has 1 atom stereocenters. The molecule has 0 aromatic heterocycles. The van der Waals surface area contributed by atoms with E-state index in [2.05, 4.69) is 9.98 Å². The number of rotatable bonds is 3. The lowest BCUT2D eigenvalue weighted by atomic mass is 9.95. The number of hydrogen-bond acceptors (Lipinski definition) is 4. The number of nitrogens with zero attached hydrogens (tertiary/aromatic N) is 3. The predicted molar refractivity (Wildman–Crippen MR) is 85.8 cm³/mol. The molecule has 1 saturated heterocycles. The lowest BCUT2D eigenvalue weighted by Gasteiger charge is -2.37. The molecule has 6 nitrogen and oxygen atoms in total. The molecule has 24 heavy (non-hydrogen) atoms. The molecule has 3 heterocycles. The van der Waals surface area contributed by atoms with Crippen molar-refractivity contribution in [1.29, 1.82) is 0 Å². The van der Waals surface area contributed by atoms with E-state index >= 15 is 0 Å². The summed E-state index contributed by atoms with van der Waals surface area (Å²) in [5, 5.41) is 0. The second-order valence-corrected chi connectivity index (χ2v) is 5.75. The Labute approximate surface area is 146 Å². The summed E-state index contributed by atoms with van der Waals surface area (Å²) in [5.74, 6) is 0.265. The highest BCUT2D eigenvalue weighted by atomic mass is 35.5. The van der Waals surface area contributed by atoms with Crippen LogP contribution in [-0.4, -0.2) is 36.6 Å². The maximum Gasteiger partial charge on any atom is 0.410 e. The van der Waals surface area contributed by atoms with Gasteiger partial charge in [-0.05, 0) is 5.56 Å². The molecule has 4 rings (SSSR count). The summed E-state index contributed by atoms with van der Waals surface area (Å²) in [6.45, 7) is 1.60. The topological polar surface area (TPSA) is 58.7 Å². The molecule has 1 amide bonds. The summed E-state index contributed by atoms with van der Waals surface area (Å²) in [4.78, 5) is 23.5. The van der Waals surface area contributed by atoms with Crippen LogP contribution < -0.4 is 17.3 Å². The lowest BCUT2D eigenvalue weighted by molar-refractivity contribution is -0.682. The third kappa shape index (κ3) is 3.11. The van der Waals surface area contributed by atoms with Gasteiger partial charge in [0.05, 0.1) is 12.4 Å². The zero-order valence-corrected chi connectivity index (χ0v) is 13.7. The van der Waals surface area contributed by atoms with Crippen LogP contribution in [0.1, 0.15) is 5.56 Å². The zero-order valence-electron chi connectivity index (χ0n) is 12.9. The van der Waals surface area contributed by atoms with Gasteiger partial charge in [0.1, 0.15) is 18.5 Å². The molecule has 0 radical (unpaired) electrons. The van der Waals surface area contributed by atoms with Crippen LogP contribution in [0.5, 0.6) is 0 Å². The fourth-order valence-electron chi connectivity index (χ4n) is 2.88. The number of benzene rings is 1. The van der Waals surface area contributed by atoms with E-state index in [9.17, 15) is 4.79 Å². The largest absolute Gasteiger partial charge is 1.00 e. The molecule has 0 aliphatic carbocycles. The minimum absolute atomic E-state index is 0. The Morgan fingerprint density at radius 1 is 1.29 bits per heavy atom. The van der Waals surface area contributed by atoms with Crippen LogP contribution in [0, 0.1) is 5.92 Å². The van der Waals surface area contributed by atoms with E-state index in [4.69, 9.17) is 4.74 Å². The van der Waals surface area contributed by atoms with Crippen molar-refractivity contribution >= 4 is 18.6 Å². The second kappa shape index (κ2) is 6.98. The molecule has 0 bridgehead atoms. The summed E-state index contributed by atoms with van der Waals surface area (Å²) in [6.07, 6.45) is 7.16. The normalized spacial score (nSPS) is 21.3. The molecule has 1 N–H and O–H groups in total. The van der Waals surface area contributed by atoms with E-state index in [1.54, 1.807) is 11.1 Å². The van der Waals surface area contributed by atoms with Crippen molar-refractivity contribution in [2.24, 2.45) is 15.9 Å². The first-order chi connectivity index (χ1) is 11.3. The van der Waals surface area contributed by atoms with Crippen molar-refractivity contribution in [3.63, 3.8) is 0 Å². The van der Waals surface area contributed by atoms with Gasteiger partial charge in [0.15, 0.2) is 12.0 Å². The standard InChI is InChI=1S/C17H16N4O2.ClH/c22-17(23-11-13-4-2-1-3-5-13)21-9-14(10-21)16-15-8-18-6-7-20(15)12-19-16;/h1-8,12,14H,9-11H2;1H. The number of allylic oxidation sites excluding steroid dienone is 1. The van der Waals surface area contributed by atoms with Crippen LogP contribution in [0.15, 0.2) is 64.1 Å². The van der Waals surface area contributed by atoms with E-state index in [1.807, 2.05) is 49.1 Å². The molecular weight excluding hydrogens is 328 g/mol. The zero-order chi connectivity index (χ0) is 15.6. The van der Waals surface area contributed by atoms with Gasteiger partial charge in [-0.25, -0.2) is 14.7 Å². The third-order valence-electron chi connectivity index (χ3n) is 4.21. The van der Waals surface area contributed by atoms with Crippen LogP contribution in [0.4, 0.5) is 4.79 Å². The van der Waals surface area contributed by atoms with Gasteiger partial charge in [-0.1, -0.05) is 30.3 Å². The van der Waals surface area contributed by atoms with Crippen LogP contribution in [-0.2, 0) is 11.3 Å². The second-order valence-electron chi connectivity index (χ2n) is 5.75. The molecule has 7 heteroatoms. The number of likely N-dealkylation sites (tertiary alicyclic amines) is 1. The number of nitrogens with one attached hydrogen (secondary N) is 1. The van der Waals surface area contributed by atoms with E-state index < -0.39 is 0 Å². The Morgan fingerprint density at radius 2 is 2.08 bits per heavy atom. The molecule has 1 unspecified atom stereocenters. The Bertz CT molecular complexity index is 736. The van der Waals surface area contributed by atoms with Crippen molar-refractivity contribution in [3.8, 4) is 0 Å². The number of carbonyl (C=O) groups is 1. The van der Waals surface area contributed by atoms with Gasteiger partial charge in [-0.2, -0.15) is 0 Å². The number of ether oxygens (including phenoxy) is 1. The molecule has 1 fully saturated rings. The first kappa shape index (κ1) is 16.4. The van der Waals surface area contributed by atoms with Gasteiger partial charge < -0.3 is 22.0 Å². The molecule has 3 aliphatic rings. The Kier molecular flexibility index (Phi) is 4.78. The number of quaternary nitrogens is 1. The van der Waals surface area contributed by atoms with Crippen molar-refractivity contribution in [2.45, 2.75) is 6.61 Å². The van der Waals surface area contributed by atoms with E-state index in [-0.39, 0.29) is 24.4 Å². The first-order valence-electron chi connectivity index (χ1n) is 7.62. The average molecular weight is 345 g/mol. The highest BCUT2D eigenvalue weighted by Gasteiger charge is 2.39. The van der Waals surface area contributed by atoms with Crippen molar-refractivity contribution in [3.05, 3.63) is 59.7 Å². The smallest absolute Gasteiger partial charge is 0.410 e. The summed E-state index contributed by atoms with van der Waals surface area (Å²) >= 11 is 0. The van der Waals surface area contributed by atoms with Gasteiger partial charge >= 0.3 is 6.09 Å². The predicted octanol–water partition coefficient (Wildman–Crippen LogP) is -2.05. The van der Waals surface area contributed by atoms with Gasteiger partial charge in [0.2, 0.25) is 0 Å². The molecule has 0 saturated carbocycles. The monoisotopic (exact) mass is 344 g/mol. The van der Waals surface area contributed by atoms with Gasteiger partial charge in [-0.3, -0.25) is 4.99 Å². The lowest BCUT2D eigenvalue weighted by Crippen LogP contribution is -3.04. The summed E-state index contributed by atoms with van der Waals surface area (Å²) in [6, 6.07) is 9.70. The quantitative estimate of drug-likeness (QED) is 0.686. The fourth-order valence-corrected chi connectivity index (χ4v) is 2.88. The molecule has 124 valence electrons. The fraction of sp³-hybridized carbons (Fsp3) is 0.235. The Balaban J connectivity index is 0.00000169. The number of aliphatic imine (C=N–C) groups is 2. The van der Waals surface area contributed by atoms with Crippen LogP contribution in [0.25, 0.3) is 0 Å². The van der Waals surface area contributed by atoms with Crippen LogP contribution in [0.3, 0.4) is 0 Å². The average Bonchev–Trinajstić information content (AvgIpc) is 2.97. The minimum Gasteiger partial charge on any atom is -1.00 e. The maximum atomic E-state index is 12.0. The minimum atomic E-state index is -0.265. The van der Waals surface area contributed by atoms with Crippen molar-refractivity contribution in [2.75, 3.05) is 13.1 Å². The number of halogens is 1. The summed E-state index contributed by atoms with van der Waals surface area (Å²) in [5.41, 5.74) is 3.10. The van der Waals surface area contributed by atoms with Gasteiger partial charge in [0, 0.05) is 19.0 Å². The van der Waals surface area contributed by atoms with Crippen LogP contribution >= 0.6 is 0 Å². The highest BCUT2D eigenvalue weighted by molar-refractivity contribution is 5.82. The van der Waals surface area contributed by atoms with E-state index in [0.717, 1.165) is 21.9 Å². The SMILES string of the molecule is O=C(OCc1ccccc1)N1CC(C2=C3C=NC=C[NH+]3C=N2)C1.[Cl-]. The molecule has 1 aromatic rings. The first-order valence-corrected chi connectivity index (χ1v) is 7.62. The maximum absolute atomic E-state index is 12.0. The van der Waals surface area contributed by atoms with Crippen molar-refractivity contribution < 1.29 is 26.8 Å². The molecule has 1 aromatic carbocycles. The highest BCUT2D eigenvalue weighted by Crippen LogP contribution is 2.27. The third-order valence-corrected chi connectivity index (χ3v) is 4.21.